The van der Waals surface area contributed by atoms with E-state index in [0.29, 0.717) is 17.3 Å². The third kappa shape index (κ3) is 4.35. The molecular weight excluding hydrogens is 278 g/mol. The number of aliphatic hydroxyl groups excluding tert-OH is 2. The Bertz CT molecular complexity index is 421. The van der Waals surface area contributed by atoms with Gasteiger partial charge in [-0.1, -0.05) is 30.5 Å². The van der Waals surface area contributed by atoms with Crippen molar-refractivity contribution in [3.63, 3.8) is 0 Å². The van der Waals surface area contributed by atoms with Gasteiger partial charge in [-0.25, -0.2) is 0 Å². The minimum Gasteiger partial charge on any atom is -0.491 e. The molecule has 1 aromatic carbocycles. The first-order valence-corrected chi connectivity index (χ1v) is 7.44. The van der Waals surface area contributed by atoms with Gasteiger partial charge >= 0.3 is 0 Å². The van der Waals surface area contributed by atoms with E-state index in [2.05, 4.69) is 5.32 Å². The fourth-order valence-corrected chi connectivity index (χ4v) is 2.77. The van der Waals surface area contributed by atoms with Crippen molar-refractivity contribution in [1.29, 1.82) is 0 Å². The maximum absolute atomic E-state index is 9.95. The molecule has 112 valence electrons. The van der Waals surface area contributed by atoms with Crippen molar-refractivity contribution in [2.45, 2.75) is 37.3 Å². The predicted octanol–water partition coefficient (Wildman–Crippen LogP) is 1.97. The standard InChI is InChI=1S/C15H22ClNO3/c16-12-4-3-5-14(8-12)20-10-13(19)9-17-15(11-18)6-1-2-7-15/h3-5,8,13,17-19H,1-2,6-7,9-11H2. The molecule has 1 atom stereocenters. The minimum absolute atomic E-state index is 0.120. The number of β-amino-alcohol motifs (C(OH)–C–C–N with tert-alkyl or cyclic N) is 1. The lowest BCUT2D eigenvalue weighted by molar-refractivity contribution is 0.0850. The molecule has 1 aromatic rings. The Morgan fingerprint density at radius 2 is 2.10 bits per heavy atom. The highest BCUT2D eigenvalue weighted by Crippen LogP contribution is 2.28. The van der Waals surface area contributed by atoms with Crippen molar-refractivity contribution in [2.24, 2.45) is 0 Å². The van der Waals surface area contributed by atoms with E-state index >= 15 is 0 Å². The predicted molar refractivity (Wildman–Crippen MR) is 79.2 cm³/mol. The fourth-order valence-electron chi connectivity index (χ4n) is 2.59. The van der Waals surface area contributed by atoms with Crippen LogP contribution in [0.1, 0.15) is 25.7 Å². The SMILES string of the molecule is OCC1(NCC(O)COc2cccc(Cl)c2)CCCC1. The van der Waals surface area contributed by atoms with Crippen LogP contribution in [-0.2, 0) is 0 Å². The summed E-state index contributed by atoms with van der Waals surface area (Å²) in [6, 6.07) is 7.10. The Balaban J connectivity index is 1.74. The van der Waals surface area contributed by atoms with Gasteiger partial charge in [-0.2, -0.15) is 0 Å². The molecule has 0 aliphatic heterocycles. The molecule has 1 aliphatic carbocycles. The lowest BCUT2D eigenvalue weighted by atomic mass is 9.99. The first-order chi connectivity index (χ1) is 9.63. The number of ether oxygens (including phenoxy) is 1. The van der Waals surface area contributed by atoms with Crippen LogP contribution in [-0.4, -0.2) is 41.6 Å². The Kier molecular flexibility index (Phi) is 5.66. The van der Waals surface area contributed by atoms with Gasteiger partial charge in [-0.05, 0) is 31.0 Å². The van der Waals surface area contributed by atoms with Gasteiger partial charge in [-0.3, -0.25) is 0 Å². The molecule has 1 fully saturated rings. The van der Waals surface area contributed by atoms with Gasteiger partial charge in [0.15, 0.2) is 0 Å². The summed E-state index contributed by atoms with van der Waals surface area (Å²) < 4.78 is 5.49. The van der Waals surface area contributed by atoms with Crippen LogP contribution in [0.5, 0.6) is 5.75 Å². The van der Waals surface area contributed by atoms with E-state index in [4.69, 9.17) is 16.3 Å². The summed E-state index contributed by atoms with van der Waals surface area (Å²) in [5.41, 5.74) is -0.211. The number of rotatable bonds is 7. The van der Waals surface area contributed by atoms with E-state index in [-0.39, 0.29) is 18.8 Å². The van der Waals surface area contributed by atoms with Crippen molar-refractivity contribution in [1.82, 2.24) is 5.32 Å². The quantitative estimate of drug-likeness (QED) is 0.720. The lowest BCUT2D eigenvalue weighted by Crippen LogP contribution is -2.49. The van der Waals surface area contributed by atoms with Crippen LogP contribution in [0.15, 0.2) is 24.3 Å². The van der Waals surface area contributed by atoms with Crippen LogP contribution in [0.25, 0.3) is 0 Å². The van der Waals surface area contributed by atoms with Crippen molar-refractivity contribution < 1.29 is 14.9 Å². The third-order valence-corrected chi connectivity index (χ3v) is 4.05. The average Bonchev–Trinajstić information content (AvgIpc) is 2.92. The number of hydrogen-bond donors (Lipinski definition) is 3. The number of halogens is 1. The van der Waals surface area contributed by atoms with Crippen molar-refractivity contribution in [3.8, 4) is 5.75 Å². The third-order valence-electron chi connectivity index (χ3n) is 3.81. The molecule has 1 saturated carbocycles. The molecule has 1 unspecified atom stereocenters. The molecule has 0 amide bonds. The van der Waals surface area contributed by atoms with Crippen molar-refractivity contribution in [2.75, 3.05) is 19.8 Å². The van der Waals surface area contributed by atoms with E-state index in [1.54, 1.807) is 18.2 Å². The molecule has 1 aliphatic rings. The summed E-state index contributed by atoms with van der Waals surface area (Å²) in [7, 11) is 0. The van der Waals surface area contributed by atoms with Crippen molar-refractivity contribution >= 4 is 11.6 Å². The number of nitrogens with one attached hydrogen (secondary N) is 1. The summed E-state index contributed by atoms with van der Waals surface area (Å²) in [5, 5.41) is 23.3. The molecule has 0 saturated heterocycles. The lowest BCUT2D eigenvalue weighted by Gasteiger charge is -2.29. The number of hydrogen-bond acceptors (Lipinski definition) is 4. The Hall–Kier alpha value is -0.810. The van der Waals surface area contributed by atoms with Crippen LogP contribution >= 0.6 is 11.6 Å². The van der Waals surface area contributed by atoms with E-state index in [0.717, 1.165) is 25.7 Å². The fraction of sp³-hybridized carbons (Fsp3) is 0.600. The van der Waals surface area contributed by atoms with Crippen LogP contribution in [0.4, 0.5) is 0 Å². The number of aliphatic hydroxyl groups is 2. The van der Waals surface area contributed by atoms with E-state index < -0.39 is 6.10 Å². The zero-order valence-corrected chi connectivity index (χ0v) is 12.3. The maximum atomic E-state index is 9.95. The van der Waals surface area contributed by atoms with Gasteiger partial charge < -0.3 is 20.3 Å². The van der Waals surface area contributed by atoms with E-state index in [1.807, 2.05) is 6.07 Å². The highest BCUT2D eigenvalue weighted by Gasteiger charge is 2.32. The van der Waals surface area contributed by atoms with Gasteiger partial charge in [0, 0.05) is 17.1 Å². The average molecular weight is 300 g/mol. The zero-order chi connectivity index (χ0) is 14.4. The molecule has 2 rings (SSSR count). The van der Waals surface area contributed by atoms with Gasteiger partial charge in [0.25, 0.3) is 0 Å². The van der Waals surface area contributed by atoms with Gasteiger partial charge in [0.2, 0.25) is 0 Å². The van der Waals surface area contributed by atoms with Crippen LogP contribution in [0.3, 0.4) is 0 Å². The Morgan fingerprint density at radius 1 is 1.35 bits per heavy atom. The highest BCUT2D eigenvalue weighted by atomic mass is 35.5. The Labute approximate surface area is 124 Å². The summed E-state index contributed by atoms with van der Waals surface area (Å²) >= 11 is 5.86. The Morgan fingerprint density at radius 3 is 2.75 bits per heavy atom. The molecule has 5 heteroatoms. The molecule has 20 heavy (non-hydrogen) atoms. The van der Waals surface area contributed by atoms with Crippen LogP contribution in [0.2, 0.25) is 5.02 Å². The van der Waals surface area contributed by atoms with Crippen molar-refractivity contribution in [3.05, 3.63) is 29.3 Å². The van der Waals surface area contributed by atoms with Gasteiger partial charge in [-0.15, -0.1) is 0 Å². The molecule has 0 radical (unpaired) electrons. The molecule has 0 aromatic heterocycles. The molecule has 4 nitrogen and oxygen atoms in total. The molecule has 0 bridgehead atoms. The maximum Gasteiger partial charge on any atom is 0.120 e. The normalized spacial score (nSPS) is 18.9. The molecule has 0 spiro atoms. The zero-order valence-electron chi connectivity index (χ0n) is 11.5. The smallest absolute Gasteiger partial charge is 0.120 e. The van der Waals surface area contributed by atoms with Crippen LogP contribution < -0.4 is 10.1 Å². The molecular formula is C15H22ClNO3. The second-order valence-electron chi connectivity index (χ2n) is 5.45. The first kappa shape index (κ1) is 15.6. The molecule has 0 heterocycles. The summed E-state index contributed by atoms with van der Waals surface area (Å²) in [6.07, 6.45) is 3.57. The highest BCUT2D eigenvalue weighted by molar-refractivity contribution is 6.30. The van der Waals surface area contributed by atoms with Gasteiger partial charge in [0.05, 0.1) is 6.61 Å². The second kappa shape index (κ2) is 7.27. The monoisotopic (exact) mass is 299 g/mol. The topological polar surface area (TPSA) is 61.7 Å². The van der Waals surface area contributed by atoms with Crippen LogP contribution in [0, 0.1) is 0 Å². The summed E-state index contributed by atoms with van der Waals surface area (Å²) in [5.74, 6) is 0.647. The van der Waals surface area contributed by atoms with Gasteiger partial charge in [0.1, 0.15) is 18.5 Å². The second-order valence-corrected chi connectivity index (χ2v) is 5.89. The van der Waals surface area contributed by atoms with E-state index in [1.165, 1.54) is 0 Å². The first-order valence-electron chi connectivity index (χ1n) is 7.06. The minimum atomic E-state index is -0.613. The molecule has 3 N–H and O–H groups in total. The number of benzene rings is 1. The summed E-state index contributed by atoms with van der Waals surface area (Å²) in [4.78, 5) is 0. The van der Waals surface area contributed by atoms with E-state index in [9.17, 15) is 10.2 Å². The largest absolute Gasteiger partial charge is 0.491 e. The summed E-state index contributed by atoms with van der Waals surface area (Å²) in [6.45, 7) is 0.741.